The van der Waals surface area contributed by atoms with Crippen LogP contribution >= 0.6 is 11.6 Å². The number of carbonyl (C=O) groups is 1. The number of ether oxygens (including phenoxy) is 1. The monoisotopic (exact) mass is 345 g/mol. The zero-order valence-electron chi connectivity index (χ0n) is 12.7. The van der Waals surface area contributed by atoms with Crippen LogP contribution in [0.3, 0.4) is 0 Å². The molecule has 0 aliphatic heterocycles. The maximum absolute atomic E-state index is 12.9. The quantitative estimate of drug-likeness (QED) is 0.713. The first kappa shape index (κ1) is 17.2. The number of methoxy groups -OCH3 is 1. The first-order chi connectivity index (χ1) is 10.4. The normalized spacial score (nSPS) is 15.1. The van der Waals surface area contributed by atoms with Gasteiger partial charge in [-0.05, 0) is 43.4 Å². The van der Waals surface area contributed by atoms with Gasteiger partial charge in [-0.1, -0.05) is 18.5 Å². The Morgan fingerprint density at radius 3 is 2.64 bits per heavy atom. The first-order valence-corrected chi connectivity index (χ1v) is 9.10. The van der Waals surface area contributed by atoms with Crippen molar-refractivity contribution in [1.29, 1.82) is 0 Å². The van der Waals surface area contributed by atoms with Crippen LogP contribution in [0.15, 0.2) is 23.1 Å². The molecule has 22 heavy (non-hydrogen) atoms. The third-order valence-electron chi connectivity index (χ3n) is 3.60. The molecule has 122 valence electrons. The minimum Gasteiger partial charge on any atom is -0.465 e. The fraction of sp³-hybridized carbons (Fsp3) is 0.533. The van der Waals surface area contributed by atoms with E-state index in [9.17, 15) is 13.2 Å². The standard InChI is InChI=1S/C15H20ClNO4S/c1-3-8-17(10-11-4-5-11)22(19,20)14-9-12(15(18)21-2)6-7-13(14)16/h6-7,9,11H,3-5,8,10H2,1-2H3. The van der Waals surface area contributed by atoms with Gasteiger partial charge in [0.05, 0.1) is 17.7 Å². The fourth-order valence-corrected chi connectivity index (χ4v) is 4.34. The van der Waals surface area contributed by atoms with Crippen molar-refractivity contribution in [3.8, 4) is 0 Å². The average molecular weight is 346 g/mol. The van der Waals surface area contributed by atoms with Crippen molar-refractivity contribution in [2.75, 3.05) is 20.2 Å². The molecule has 0 N–H and O–H groups in total. The Bertz CT molecular complexity index is 656. The number of rotatable bonds is 7. The maximum atomic E-state index is 12.9. The van der Waals surface area contributed by atoms with E-state index >= 15 is 0 Å². The zero-order valence-corrected chi connectivity index (χ0v) is 14.3. The second kappa shape index (κ2) is 6.98. The molecule has 1 aliphatic carbocycles. The Balaban J connectivity index is 2.39. The molecule has 1 aromatic carbocycles. The molecule has 0 radical (unpaired) electrons. The topological polar surface area (TPSA) is 63.7 Å². The molecule has 0 unspecified atom stereocenters. The van der Waals surface area contributed by atoms with E-state index in [0.29, 0.717) is 19.0 Å². The molecule has 2 rings (SSSR count). The summed E-state index contributed by atoms with van der Waals surface area (Å²) < 4.78 is 31.8. The van der Waals surface area contributed by atoms with Crippen molar-refractivity contribution in [3.05, 3.63) is 28.8 Å². The highest BCUT2D eigenvalue weighted by Gasteiger charge is 2.32. The van der Waals surface area contributed by atoms with E-state index in [-0.39, 0.29) is 15.5 Å². The van der Waals surface area contributed by atoms with Gasteiger partial charge in [0, 0.05) is 13.1 Å². The van der Waals surface area contributed by atoms with Gasteiger partial charge < -0.3 is 4.74 Å². The van der Waals surface area contributed by atoms with Crippen molar-refractivity contribution in [1.82, 2.24) is 4.31 Å². The summed E-state index contributed by atoms with van der Waals surface area (Å²) in [6.45, 7) is 2.88. The van der Waals surface area contributed by atoms with Gasteiger partial charge in [-0.3, -0.25) is 0 Å². The largest absolute Gasteiger partial charge is 0.465 e. The number of hydrogen-bond acceptors (Lipinski definition) is 4. The molecule has 0 aromatic heterocycles. The molecular weight excluding hydrogens is 326 g/mol. The molecule has 0 spiro atoms. The van der Waals surface area contributed by atoms with Gasteiger partial charge in [0.2, 0.25) is 10.0 Å². The Kier molecular flexibility index (Phi) is 5.47. The predicted octanol–water partition coefficient (Wildman–Crippen LogP) is 2.94. The highest BCUT2D eigenvalue weighted by Crippen LogP contribution is 2.33. The van der Waals surface area contributed by atoms with Gasteiger partial charge in [-0.15, -0.1) is 0 Å². The van der Waals surface area contributed by atoms with E-state index in [0.717, 1.165) is 19.3 Å². The van der Waals surface area contributed by atoms with Gasteiger partial charge in [-0.2, -0.15) is 4.31 Å². The SMILES string of the molecule is CCCN(CC1CC1)S(=O)(=O)c1cc(C(=O)OC)ccc1Cl. The lowest BCUT2D eigenvalue weighted by Crippen LogP contribution is -2.34. The highest BCUT2D eigenvalue weighted by molar-refractivity contribution is 7.89. The smallest absolute Gasteiger partial charge is 0.337 e. The number of sulfonamides is 1. The summed E-state index contributed by atoms with van der Waals surface area (Å²) in [7, 11) is -2.47. The van der Waals surface area contributed by atoms with Crippen LogP contribution in [0, 0.1) is 5.92 Å². The van der Waals surface area contributed by atoms with Crippen LogP contribution in [0.4, 0.5) is 0 Å². The predicted molar refractivity (Wildman–Crippen MR) is 84.6 cm³/mol. The summed E-state index contributed by atoms with van der Waals surface area (Å²) in [4.78, 5) is 11.6. The second-order valence-electron chi connectivity index (χ2n) is 5.44. The fourth-order valence-electron chi connectivity index (χ4n) is 2.23. The van der Waals surface area contributed by atoms with E-state index in [1.165, 1.54) is 29.6 Å². The van der Waals surface area contributed by atoms with E-state index < -0.39 is 16.0 Å². The van der Waals surface area contributed by atoms with Crippen molar-refractivity contribution in [2.45, 2.75) is 31.1 Å². The number of carbonyl (C=O) groups excluding carboxylic acids is 1. The molecule has 1 aliphatic rings. The summed E-state index contributed by atoms with van der Waals surface area (Å²) in [5.74, 6) is -0.152. The number of esters is 1. The maximum Gasteiger partial charge on any atom is 0.337 e. The highest BCUT2D eigenvalue weighted by atomic mass is 35.5. The van der Waals surface area contributed by atoms with Crippen LogP contribution < -0.4 is 0 Å². The lowest BCUT2D eigenvalue weighted by atomic mass is 10.2. The van der Waals surface area contributed by atoms with Crippen LogP contribution in [0.1, 0.15) is 36.5 Å². The van der Waals surface area contributed by atoms with Crippen molar-refractivity contribution in [3.63, 3.8) is 0 Å². The van der Waals surface area contributed by atoms with Gasteiger partial charge >= 0.3 is 5.97 Å². The molecular formula is C15H20ClNO4S. The number of nitrogens with zero attached hydrogens (tertiary/aromatic N) is 1. The van der Waals surface area contributed by atoms with Gasteiger partial charge in [0.1, 0.15) is 4.90 Å². The molecule has 0 saturated heterocycles. The molecule has 5 nitrogen and oxygen atoms in total. The van der Waals surface area contributed by atoms with E-state index in [1.807, 2.05) is 6.92 Å². The van der Waals surface area contributed by atoms with Gasteiger partial charge in [0.15, 0.2) is 0 Å². The van der Waals surface area contributed by atoms with Crippen molar-refractivity contribution < 1.29 is 17.9 Å². The van der Waals surface area contributed by atoms with E-state index in [4.69, 9.17) is 11.6 Å². The molecule has 0 bridgehead atoms. The molecule has 1 saturated carbocycles. The van der Waals surface area contributed by atoms with Crippen LogP contribution in [-0.4, -0.2) is 38.9 Å². The third kappa shape index (κ3) is 3.80. The van der Waals surface area contributed by atoms with Gasteiger partial charge in [0.25, 0.3) is 0 Å². The Morgan fingerprint density at radius 1 is 1.41 bits per heavy atom. The Morgan fingerprint density at radius 2 is 2.09 bits per heavy atom. The molecule has 1 aromatic rings. The second-order valence-corrected chi connectivity index (χ2v) is 7.76. The minimum absolute atomic E-state index is 0.0360. The number of hydrogen-bond donors (Lipinski definition) is 0. The Hall–Kier alpha value is -1.11. The average Bonchev–Trinajstić information content (AvgIpc) is 3.30. The van der Waals surface area contributed by atoms with Crippen LogP contribution in [0.5, 0.6) is 0 Å². The summed E-state index contributed by atoms with van der Waals surface area (Å²) in [5, 5.41) is 0.115. The molecule has 1 fully saturated rings. The van der Waals surface area contributed by atoms with Crippen LogP contribution in [0.2, 0.25) is 5.02 Å². The van der Waals surface area contributed by atoms with E-state index in [2.05, 4.69) is 4.74 Å². The molecule has 7 heteroatoms. The third-order valence-corrected chi connectivity index (χ3v) is 5.95. The number of halogens is 1. The molecule has 0 amide bonds. The van der Waals surface area contributed by atoms with E-state index in [1.54, 1.807) is 0 Å². The lowest BCUT2D eigenvalue weighted by molar-refractivity contribution is 0.0600. The van der Waals surface area contributed by atoms with Crippen LogP contribution in [-0.2, 0) is 14.8 Å². The van der Waals surface area contributed by atoms with Gasteiger partial charge in [-0.25, -0.2) is 13.2 Å². The lowest BCUT2D eigenvalue weighted by Gasteiger charge is -2.22. The summed E-state index contributed by atoms with van der Waals surface area (Å²) in [5.41, 5.74) is 0.174. The Labute approximate surface area is 136 Å². The summed E-state index contributed by atoms with van der Waals surface area (Å²) in [6, 6.07) is 4.17. The molecule has 0 heterocycles. The summed E-state index contributed by atoms with van der Waals surface area (Å²) in [6.07, 6.45) is 2.84. The van der Waals surface area contributed by atoms with Crippen LogP contribution in [0.25, 0.3) is 0 Å². The minimum atomic E-state index is -3.72. The first-order valence-electron chi connectivity index (χ1n) is 7.28. The summed E-state index contributed by atoms with van der Waals surface area (Å²) >= 11 is 6.07. The van der Waals surface area contributed by atoms with Crippen molar-refractivity contribution in [2.24, 2.45) is 5.92 Å². The molecule has 0 atom stereocenters. The zero-order chi connectivity index (χ0) is 16.3. The number of benzene rings is 1. The van der Waals surface area contributed by atoms with Crippen molar-refractivity contribution >= 4 is 27.6 Å².